The summed E-state index contributed by atoms with van der Waals surface area (Å²) >= 11 is 0. The van der Waals surface area contributed by atoms with Crippen LogP contribution in [0.4, 0.5) is 9.59 Å². The van der Waals surface area contributed by atoms with Gasteiger partial charge in [0.1, 0.15) is 5.60 Å². The fraction of sp³-hybridized carbons (Fsp3) is 0.692. The third-order valence-corrected chi connectivity index (χ3v) is 6.24. The zero-order chi connectivity index (χ0) is 27.2. The maximum absolute atomic E-state index is 13.7. The van der Waals surface area contributed by atoms with Crippen molar-refractivity contribution in [1.29, 1.82) is 0 Å². The number of alkyl carbamates (subject to hydrolysis) is 1. The normalized spacial score (nSPS) is 18.5. The molecule has 1 aliphatic carbocycles. The van der Waals surface area contributed by atoms with E-state index in [2.05, 4.69) is 15.0 Å². The smallest absolute Gasteiger partial charge is 0.410 e. The zero-order valence-corrected chi connectivity index (χ0v) is 22.7. The van der Waals surface area contributed by atoms with Crippen LogP contribution in [0.15, 0.2) is 12.1 Å². The summed E-state index contributed by atoms with van der Waals surface area (Å²) < 4.78 is 21.4. The van der Waals surface area contributed by atoms with Gasteiger partial charge in [-0.3, -0.25) is 4.79 Å². The molecule has 0 spiro atoms. The van der Waals surface area contributed by atoms with E-state index >= 15 is 0 Å². The highest BCUT2D eigenvalue weighted by Gasteiger charge is 2.42. The molecule has 1 N–H and O–H groups in total. The zero-order valence-electron chi connectivity index (χ0n) is 22.7. The summed E-state index contributed by atoms with van der Waals surface area (Å²) in [6, 6.07) is 3.69. The van der Waals surface area contributed by atoms with Gasteiger partial charge in [0, 0.05) is 30.9 Å². The summed E-state index contributed by atoms with van der Waals surface area (Å²) in [5, 5.41) is 2.66. The SMILES string of the molecule is COC(=O)NCCCc1cc(C(C)N(C(=O)[C@H]2CN(C(=O)OC(C)(C)C)CCO2)C2CC2)cc(OC)n1. The first-order valence-corrected chi connectivity index (χ1v) is 12.8. The summed E-state index contributed by atoms with van der Waals surface area (Å²) in [5.41, 5.74) is 1.10. The van der Waals surface area contributed by atoms with E-state index in [1.54, 1.807) is 12.0 Å². The minimum absolute atomic E-state index is 0.120. The molecule has 3 rings (SSSR count). The van der Waals surface area contributed by atoms with Crippen LogP contribution in [0.3, 0.4) is 0 Å². The summed E-state index contributed by atoms with van der Waals surface area (Å²) in [6.07, 6.45) is 1.47. The van der Waals surface area contributed by atoms with Crippen LogP contribution in [-0.2, 0) is 25.4 Å². The number of hydrogen-bond acceptors (Lipinski definition) is 8. The number of ether oxygens (including phenoxy) is 4. The van der Waals surface area contributed by atoms with E-state index < -0.39 is 23.9 Å². The van der Waals surface area contributed by atoms with Crippen LogP contribution >= 0.6 is 0 Å². The molecule has 37 heavy (non-hydrogen) atoms. The van der Waals surface area contributed by atoms with Crippen molar-refractivity contribution in [1.82, 2.24) is 20.1 Å². The van der Waals surface area contributed by atoms with Crippen LogP contribution in [0.2, 0.25) is 0 Å². The Kier molecular flexibility index (Phi) is 9.58. The lowest BCUT2D eigenvalue weighted by Crippen LogP contribution is -2.54. The van der Waals surface area contributed by atoms with E-state index in [0.29, 0.717) is 31.8 Å². The van der Waals surface area contributed by atoms with Gasteiger partial charge in [-0.1, -0.05) is 0 Å². The van der Waals surface area contributed by atoms with Crippen molar-refractivity contribution >= 4 is 18.1 Å². The third-order valence-electron chi connectivity index (χ3n) is 6.24. The lowest BCUT2D eigenvalue weighted by atomic mass is 10.0. The monoisotopic (exact) mass is 520 g/mol. The van der Waals surface area contributed by atoms with Gasteiger partial charge in [-0.25, -0.2) is 14.6 Å². The minimum Gasteiger partial charge on any atom is -0.481 e. The van der Waals surface area contributed by atoms with Crippen LogP contribution in [0.1, 0.15) is 64.3 Å². The van der Waals surface area contributed by atoms with Gasteiger partial charge in [0.05, 0.1) is 33.4 Å². The molecule has 0 bridgehead atoms. The van der Waals surface area contributed by atoms with Crippen molar-refractivity contribution < 1.29 is 33.3 Å². The number of aryl methyl sites for hydroxylation is 1. The number of rotatable bonds is 9. The van der Waals surface area contributed by atoms with E-state index in [4.69, 9.17) is 14.2 Å². The second-order valence-corrected chi connectivity index (χ2v) is 10.4. The van der Waals surface area contributed by atoms with Gasteiger partial charge in [-0.05, 0) is 65.0 Å². The number of hydrogen-bond donors (Lipinski definition) is 1. The van der Waals surface area contributed by atoms with Crippen LogP contribution in [0.25, 0.3) is 0 Å². The summed E-state index contributed by atoms with van der Waals surface area (Å²) in [5.74, 6) is 0.330. The molecular formula is C26H40N4O7. The molecular weight excluding hydrogens is 480 g/mol. The summed E-state index contributed by atoms with van der Waals surface area (Å²) in [6.45, 7) is 8.70. The number of nitrogens with one attached hydrogen (secondary N) is 1. The van der Waals surface area contributed by atoms with Gasteiger partial charge >= 0.3 is 12.2 Å². The molecule has 3 amide bonds. The molecule has 11 nitrogen and oxygen atoms in total. The Morgan fingerprint density at radius 3 is 2.59 bits per heavy atom. The van der Waals surface area contributed by atoms with Crippen molar-refractivity contribution in [3.05, 3.63) is 23.4 Å². The van der Waals surface area contributed by atoms with Gasteiger partial charge in [-0.2, -0.15) is 0 Å². The Morgan fingerprint density at radius 2 is 1.97 bits per heavy atom. The highest BCUT2D eigenvalue weighted by molar-refractivity contribution is 5.83. The number of amides is 3. The summed E-state index contributed by atoms with van der Waals surface area (Å²) in [4.78, 5) is 45.5. The first kappa shape index (κ1) is 28.5. The molecule has 11 heteroatoms. The highest BCUT2D eigenvalue weighted by atomic mass is 16.6. The fourth-order valence-corrected chi connectivity index (χ4v) is 4.25. The maximum atomic E-state index is 13.7. The quantitative estimate of drug-likeness (QED) is 0.494. The van der Waals surface area contributed by atoms with Crippen molar-refractivity contribution in [2.45, 2.75) is 77.2 Å². The minimum atomic E-state index is -0.753. The Morgan fingerprint density at radius 1 is 1.24 bits per heavy atom. The lowest BCUT2D eigenvalue weighted by Gasteiger charge is -2.38. The number of aromatic nitrogens is 1. The first-order valence-electron chi connectivity index (χ1n) is 12.8. The standard InChI is InChI=1S/C26H40N4O7/c1-17(18-14-19(28-22(15-18)34-5)8-7-11-27-24(32)35-6)30(20-9-10-20)23(31)21-16-29(12-13-36-21)25(33)37-26(2,3)4/h14-15,17,20-21H,7-13,16H2,1-6H3,(H,27,32)/t17?,21-/m1/s1. The predicted molar refractivity (Wildman–Crippen MR) is 135 cm³/mol. The van der Waals surface area contributed by atoms with Crippen molar-refractivity contribution in [3.8, 4) is 5.88 Å². The molecule has 1 aromatic rings. The van der Waals surface area contributed by atoms with E-state index in [1.165, 1.54) is 7.11 Å². The number of carbonyl (C=O) groups excluding carboxylic acids is 3. The van der Waals surface area contributed by atoms with Crippen LogP contribution < -0.4 is 10.1 Å². The number of methoxy groups -OCH3 is 2. The van der Waals surface area contributed by atoms with E-state index in [0.717, 1.165) is 24.1 Å². The molecule has 2 atom stereocenters. The molecule has 0 radical (unpaired) electrons. The number of carbonyl (C=O) groups is 3. The maximum Gasteiger partial charge on any atom is 0.410 e. The fourth-order valence-electron chi connectivity index (χ4n) is 4.25. The van der Waals surface area contributed by atoms with Crippen LogP contribution in [-0.4, -0.2) is 91.1 Å². The molecule has 0 aromatic carbocycles. The molecule has 1 unspecified atom stereocenters. The lowest BCUT2D eigenvalue weighted by molar-refractivity contribution is -0.151. The Labute approximate surface area is 218 Å². The van der Waals surface area contributed by atoms with Gasteiger partial charge in [0.2, 0.25) is 5.88 Å². The van der Waals surface area contributed by atoms with Crippen molar-refractivity contribution in [2.75, 3.05) is 40.5 Å². The molecule has 1 aliphatic heterocycles. The van der Waals surface area contributed by atoms with Gasteiger partial charge in [0.25, 0.3) is 5.91 Å². The molecule has 2 aliphatic rings. The topological polar surface area (TPSA) is 120 Å². The Hall–Kier alpha value is -3.08. The van der Waals surface area contributed by atoms with E-state index in [1.807, 2.05) is 44.7 Å². The van der Waals surface area contributed by atoms with Gasteiger partial charge in [-0.15, -0.1) is 0 Å². The van der Waals surface area contributed by atoms with Crippen LogP contribution in [0, 0.1) is 0 Å². The third kappa shape index (κ3) is 8.21. The molecule has 206 valence electrons. The van der Waals surface area contributed by atoms with Crippen molar-refractivity contribution in [3.63, 3.8) is 0 Å². The second-order valence-electron chi connectivity index (χ2n) is 10.4. The van der Waals surface area contributed by atoms with E-state index in [-0.39, 0.29) is 31.1 Å². The molecule has 1 saturated carbocycles. The average molecular weight is 521 g/mol. The largest absolute Gasteiger partial charge is 0.481 e. The van der Waals surface area contributed by atoms with Crippen molar-refractivity contribution in [2.24, 2.45) is 0 Å². The second kappa shape index (κ2) is 12.4. The van der Waals surface area contributed by atoms with Gasteiger partial charge in [0.15, 0.2) is 6.10 Å². The van der Waals surface area contributed by atoms with Gasteiger partial charge < -0.3 is 34.1 Å². The summed E-state index contributed by atoms with van der Waals surface area (Å²) in [7, 11) is 2.89. The Bertz CT molecular complexity index is 961. The molecule has 2 fully saturated rings. The molecule has 1 saturated heterocycles. The number of morpholine rings is 1. The first-order chi connectivity index (χ1) is 17.5. The number of pyridine rings is 1. The molecule has 1 aromatic heterocycles. The number of nitrogens with zero attached hydrogens (tertiary/aromatic N) is 3. The average Bonchev–Trinajstić information content (AvgIpc) is 3.70. The van der Waals surface area contributed by atoms with Crippen LogP contribution in [0.5, 0.6) is 5.88 Å². The predicted octanol–water partition coefficient (Wildman–Crippen LogP) is 3.07. The van der Waals surface area contributed by atoms with E-state index in [9.17, 15) is 14.4 Å². The molecule has 2 heterocycles. The highest BCUT2D eigenvalue weighted by Crippen LogP contribution is 2.36. The Balaban J connectivity index is 1.72.